The topological polar surface area (TPSA) is 78.9 Å². The Morgan fingerprint density at radius 2 is 1.93 bits per heavy atom. The van der Waals surface area contributed by atoms with E-state index in [2.05, 4.69) is 4.74 Å². The summed E-state index contributed by atoms with van der Waals surface area (Å²) in [6.45, 7) is 1.82. The van der Waals surface area contributed by atoms with Crippen LogP contribution in [-0.2, 0) is 16.0 Å². The van der Waals surface area contributed by atoms with Gasteiger partial charge < -0.3 is 18.3 Å². The van der Waals surface area contributed by atoms with Crippen LogP contribution in [-0.4, -0.2) is 19.7 Å². The van der Waals surface area contributed by atoms with Gasteiger partial charge in [-0.05, 0) is 30.2 Å². The number of benzene rings is 2. The molecule has 0 aliphatic rings. The smallest absolute Gasteiger partial charge is 0.343 e. The summed E-state index contributed by atoms with van der Waals surface area (Å²) >= 11 is 0. The fourth-order valence-corrected chi connectivity index (χ4v) is 3.28. The van der Waals surface area contributed by atoms with E-state index in [4.69, 9.17) is 13.6 Å². The molecular weight excluding hydrogens is 372 g/mol. The van der Waals surface area contributed by atoms with Crippen LogP contribution in [0.15, 0.2) is 62.4 Å². The highest BCUT2D eigenvalue weighted by Gasteiger charge is 2.16. The molecule has 0 saturated heterocycles. The zero-order valence-electron chi connectivity index (χ0n) is 16.2. The number of carbonyl (C=O) groups is 1. The SMILES string of the molecule is CCCc1cc2c(=O)c(-c3cc4ccccc4o3)coc2cc1OCC(=O)OC. The first kappa shape index (κ1) is 18.8. The number of para-hydroxylation sites is 1. The van der Waals surface area contributed by atoms with Crippen LogP contribution < -0.4 is 10.2 Å². The summed E-state index contributed by atoms with van der Waals surface area (Å²) < 4.78 is 21.8. The quantitative estimate of drug-likeness (QED) is 0.442. The third-order valence-corrected chi connectivity index (χ3v) is 4.74. The van der Waals surface area contributed by atoms with Crippen molar-refractivity contribution in [2.45, 2.75) is 19.8 Å². The van der Waals surface area contributed by atoms with Gasteiger partial charge in [0.25, 0.3) is 0 Å². The van der Waals surface area contributed by atoms with Gasteiger partial charge in [-0.15, -0.1) is 0 Å². The minimum absolute atomic E-state index is 0.179. The molecule has 0 atom stereocenters. The number of rotatable bonds is 6. The summed E-state index contributed by atoms with van der Waals surface area (Å²) in [6, 6.07) is 12.8. The summed E-state index contributed by atoms with van der Waals surface area (Å²) in [7, 11) is 1.30. The molecule has 0 fully saturated rings. The number of hydrogen-bond donors (Lipinski definition) is 0. The molecule has 0 radical (unpaired) electrons. The van der Waals surface area contributed by atoms with E-state index in [-0.39, 0.29) is 12.0 Å². The van der Waals surface area contributed by atoms with Gasteiger partial charge in [0.15, 0.2) is 6.61 Å². The minimum atomic E-state index is -0.478. The molecule has 0 saturated carbocycles. The first-order valence-corrected chi connectivity index (χ1v) is 9.37. The van der Waals surface area contributed by atoms with E-state index in [1.807, 2.05) is 37.3 Å². The second kappa shape index (κ2) is 7.83. The van der Waals surface area contributed by atoms with Gasteiger partial charge in [-0.25, -0.2) is 4.79 Å². The van der Waals surface area contributed by atoms with Crippen molar-refractivity contribution in [1.82, 2.24) is 0 Å². The van der Waals surface area contributed by atoms with Gasteiger partial charge in [0, 0.05) is 11.5 Å². The molecule has 2 heterocycles. The molecule has 0 amide bonds. The number of aryl methyl sites for hydroxylation is 1. The van der Waals surface area contributed by atoms with Crippen molar-refractivity contribution in [2.75, 3.05) is 13.7 Å². The van der Waals surface area contributed by atoms with Crippen LogP contribution in [0.1, 0.15) is 18.9 Å². The molecule has 0 spiro atoms. The lowest BCUT2D eigenvalue weighted by Gasteiger charge is -2.11. The Morgan fingerprint density at radius 1 is 1.10 bits per heavy atom. The maximum Gasteiger partial charge on any atom is 0.343 e. The number of methoxy groups -OCH3 is 1. The Labute approximate surface area is 166 Å². The molecule has 6 nitrogen and oxygen atoms in total. The molecule has 29 heavy (non-hydrogen) atoms. The Morgan fingerprint density at radius 3 is 2.69 bits per heavy atom. The number of furan rings is 1. The number of fused-ring (bicyclic) bond motifs is 2. The predicted molar refractivity (Wildman–Crippen MR) is 109 cm³/mol. The first-order valence-electron chi connectivity index (χ1n) is 9.37. The molecule has 0 aliphatic heterocycles. The highest BCUT2D eigenvalue weighted by atomic mass is 16.6. The third kappa shape index (κ3) is 3.61. The van der Waals surface area contributed by atoms with Crippen molar-refractivity contribution in [3.8, 4) is 17.1 Å². The number of esters is 1. The molecule has 4 aromatic rings. The lowest BCUT2D eigenvalue weighted by atomic mass is 10.0. The maximum atomic E-state index is 13.2. The van der Waals surface area contributed by atoms with E-state index < -0.39 is 5.97 Å². The van der Waals surface area contributed by atoms with Gasteiger partial charge in [-0.3, -0.25) is 4.79 Å². The number of ether oxygens (including phenoxy) is 2. The van der Waals surface area contributed by atoms with E-state index >= 15 is 0 Å². The third-order valence-electron chi connectivity index (χ3n) is 4.74. The van der Waals surface area contributed by atoms with Crippen LogP contribution in [0.5, 0.6) is 5.75 Å². The molecular formula is C23H20O6. The molecule has 0 N–H and O–H groups in total. The molecule has 0 bridgehead atoms. The Kier molecular flexibility index (Phi) is 5.08. The van der Waals surface area contributed by atoms with Crippen molar-refractivity contribution in [1.29, 1.82) is 0 Å². The highest BCUT2D eigenvalue weighted by molar-refractivity contribution is 5.86. The summed E-state index contributed by atoms with van der Waals surface area (Å²) in [5.41, 5.74) is 2.11. The van der Waals surface area contributed by atoms with Crippen LogP contribution in [0.3, 0.4) is 0 Å². The van der Waals surface area contributed by atoms with Gasteiger partial charge in [0.1, 0.15) is 34.5 Å². The van der Waals surface area contributed by atoms with Gasteiger partial charge in [0.05, 0.1) is 12.5 Å². The fraction of sp³-hybridized carbons (Fsp3) is 0.217. The van der Waals surface area contributed by atoms with Gasteiger partial charge >= 0.3 is 5.97 Å². The van der Waals surface area contributed by atoms with E-state index in [9.17, 15) is 9.59 Å². The molecule has 0 aliphatic carbocycles. The Bertz CT molecular complexity index is 1210. The van der Waals surface area contributed by atoms with E-state index in [0.717, 1.165) is 17.4 Å². The Hall–Kier alpha value is -3.54. The van der Waals surface area contributed by atoms with Gasteiger partial charge in [0.2, 0.25) is 5.43 Å². The normalized spacial score (nSPS) is 11.1. The monoisotopic (exact) mass is 392 g/mol. The fourth-order valence-electron chi connectivity index (χ4n) is 3.28. The predicted octanol–water partition coefficient (Wildman–Crippen LogP) is 4.71. The largest absolute Gasteiger partial charge is 0.481 e. The van der Waals surface area contributed by atoms with E-state index in [1.165, 1.54) is 13.4 Å². The molecule has 2 aromatic heterocycles. The van der Waals surface area contributed by atoms with E-state index in [1.54, 1.807) is 12.1 Å². The van der Waals surface area contributed by atoms with Crippen molar-refractivity contribution in [3.05, 3.63) is 64.5 Å². The van der Waals surface area contributed by atoms with Crippen LogP contribution in [0.25, 0.3) is 33.3 Å². The molecule has 148 valence electrons. The van der Waals surface area contributed by atoms with Crippen LogP contribution in [0, 0.1) is 0 Å². The van der Waals surface area contributed by atoms with Gasteiger partial charge in [-0.2, -0.15) is 0 Å². The van der Waals surface area contributed by atoms with Crippen molar-refractivity contribution >= 4 is 27.9 Å². The first-order chi connectivity index (χ1) is 14.1. The van der Waals surface area contributed by atoms with Crippen LogP contribution >= 0.6 is 0 Å². The molecule has 4 rings (SSSR count). The average Bonchev–Trinajstić information content (AvgIpc) is 3.16. The maximum absolute atomic E-state index is 13.2. The van der Waals surface area contributed by atoms with Gasteiger partial charge in [-0.1, -0.05) is 31.5 Å². The summed E-state index contributed by atoms with van der Waals surface area (Å²) in [5, 5.41) is 1.36. The van der Waals surface area contributed by atoms with E-state index in [0.29, 0.717) is 40.0 Å². The number of hydrogen-bond acceptors (Lipinski definition) is 6. The molecule has 2 aromatic carbocycles. The molecule has 6 heteroatoms. The summed E-state index contributed by atoms with van der Waals surface area (Å²) in [6.07, 6.45) is 2.95. The van der Waals surface area contributed by atoms with Crippen molar-refractivity contribution in [3.63, 3.8) is 0 Å². The Balaban J connectivity index is 1.80. The summed E-state index contributed by atoms with van der Waals surface area (Å²) in [4.78, 5) is 24.6. The second-order valence-corrected chi connectivity index (χ2v) is 6.70. The van der Waals surface area contributed by atoms with Crippen molar-refractivity contribution < 1.29 is 23.1 Å². The highest BCUT2D eigenvalue weighted by Crippen LogP contribution is 2.30. The standard InChI is InChI=1S/C23H20O6/c1-3-6-14-9-16-20(11-19(14)28-13-22(24)26-2)27-12-17(23(16)25)21-10-15-7-4-5-8-18(15)29-21/h4-5,7-12H,3,6,13H2,1-2H3. The van der Waals surface area contributed by atoms with Crippen LogP contribution in [0.4, 0.5) is 0 Å². The summed E-state index contributed by atoms with van der Waals surface area (Å²) in [5.74, 6) is 0.489. The number of carbonyl (C=O) groups excluding carboxylic acids is 1. The molecule has 0 unspecified atom stereocenters. The van der Waals surface area contributed by atoms with Crippen LogP contribution in [0.2, 0.25) is 0 Å². The lowest BCUT2D eigenvalue weighted by molar-refractivity contribution is -0.142. The second-order valence-electron chi connectivity index (χ2n) is 6.70. The van der Waals surface area contributed by atoms with Crippen molar-refractivity contribution in [2.24, 2.45) is 0 Å². The lowest BCUT2D eigenvalue weighted by Crippen LogP contribution is -2.14. The zero-order chi connectivity index (χ0) is 20.4. The minimum Gasteiger partial charge on any atom is -0.481 e. The zero-order valence-corrected chi connectivity index (χ0v) is 16.2. The average molecular weight is 392 g/mol.